The minimum absolute atomic E-state index is 0.0535. The standard InChI is InChI=1S/C15H24N2O2/c1-3-15(16,4-2)14(19)17(10-11-18)12-13-8-6-5-7-9-13/h5-9,18H,3-4,10-12,16H2,1-2H3. The van der Waals surface area contributed by atoms with Gasteiger partial charge in [-0.05, 0) is 18.4 Å². The average Bonchev–Trinajstić information content (AvgIpc) is 2.46. The fraction of sp³-hybridized carbons (Fsp3) is 0.533. The van der Waals surface area contributed by atoms with Crippen LogP contribution in [-0.2, 0) is 11.3 Å². The molecule has 0 fully saturated rings. The highest BCUT2D eigenvalue weighted by Crippen LogP contribution is 2.17. The molecule has 0 aromatic heterocycles. The van der Waals surface area contributed by atoms with Crippen LogP contribution in [0.1, 0.15) is 32.3 Å². The van der Waals surface area contributed by atoms with Crippen molar-refractivity contribution in [3.63, 3.8) is 0 Å². The molecule has 0 aliphatic carbocycles. The van der Waals surface area contributed by atoms with Gasteiger partial charge in [0.2, 0.25) is 5.91 Å². The first-order valence-electron chi connectivity index (χ1n) is 6.80. The number of nitrogens with zero attached hydrogens (tertiary/aromatic N) is 1. The van der Waals surface area contributed by atoms with E-state index in [1.165, 1.54) is 0 Å². The van der Waals surface area contributed by atoms with Gasteiger partial charge < -0.3 is 15.7 Å². The number of aliphatic hydroxyl groups is 1. The largest absolute Gasteiger partial charge is 0.395 e. The molecule has 0 unspecified atom stereocenters. The third kappa shape index (κ3) is 4.04. The molecule has 0 saturated heterocycles. The zero-order chi connectivity index (χ0) is 14.3. The summed E-state index contributed by atoms with van der Waals surface area (Å²) < 4.78 is 0. The summed E-state index contributed by atoms with van der Waals surface area (Å²) in [5, 5.41) is 9.14. The summed E-state index contributed by atoms with van der Waals surface area (Å²) in [7, 11) is 0. The Bertz CT molecular complexity index is 388. The Morgan fingerprint density at radius 3 is 2.32 bits per heavy atom. The lowest BCUT2D eigenvalue weighted by Crippen LogP contribution is -2.54. The summed E-state index contributed by atoms with van der Waals surface area (Å²) in [4.78, 5) is 14.2. The van der Waals surface area contributed by atoms with Crippen LogP contribution in [0.3, 0.4) is 0 Å². The Kier molecular flexibility index (Phi) is 5.99. The summed E-state index contributed by atoms with van der Waals surface area (Å²) in [6.45, 7) is 4.58. The van der Waals surface area contributed by atoms with Crippen molar-refractivity contribution in [1.82, 2.24) is 4.90 Å². The normalized spacial score (nSPS) is 11.4. The number of carbonyl (C=O) groups is 1. The maximum Gasteiger partial charge on any atom is 0.243 e. The van der Waals surface area contributed by atoms with E-state index < -0.39 is 5.54 Å². The predicted octanol–water partition coefficient (Wildman–Crippen LogP) is 1.52. The molecule has 0 bridgehead atoms. The number of rotatable bonds is 7. The van der Waals surface area contributed by atoms with Crippen LogP contribution < -0.4 is 5.73 Å². The van der Waals surface area contributed by atoms with Gasteiger partial charge in [-0.3, -0.25) is 4.79 Å². The second-order valence-corrected chi connectivity index (χ2v) is 4.80. The molecule has 1 amide bonds. The lowest BCUT2D eigenvalue weighted by Gasteiger charge is -2.33. The molecule has 0 spiro atoms. The Labute approximate surface area is 115 Å². The minimum Gasteiger partial charge on any atom is -0.395 e. The summed E-state index contributed by atoms with van der Waals surface area (Å²) in [6.07, 6.45) is 1.19. The summed E-state index contributed by atoms with van der Waals surface area (Å²) in [5.41, 5.74) is 6.36. The first-order chi connectivity index (χ1) is 9.07. The zero-order valence-electron chi connectivity index (χ0n) is 11.8. The summed E-state index contributed by atoms with van der Waals surface area (Å²) in [6, 6.07) is 9.74. The Morgan fingerprint density at radius 1 is 1.26 bits per heavy atom. The van der Waals surface area contributed by atoms with E-state index >= 15 is 0 Å². The molecule has 1 aromatic rings. The van der Waals surface area contributed by atoms with Crippen LogP contribution in [0, 0.1) is 0 Å². The van der Waals surface area contributed by atoms with E-state index in [0.717, 1.165) is 5.56 Å². The molecule has 4 nitrogen and oxygen atoms in total. The molecule has 0 saturated carbocycles. The Hall–Kier alpha value is -1.39. The number of nitrogens with two attached hydrogens (primary N) is 1. The highest BCUT2D eigenvalue weighted by atomic mass is 16.3. The maximum absolute atomic E-state index is 12.5. The molecule has 0 radical (unpaired) electrons. The number of carbonyl (C=O) groups excluding carboxylic acids is 1. The van der Waals surface area contributed by atoms with Gasteiger partial charge in [-0.2, -0.15) is 0 Å². The van der Waals surface area contributed by atoms with Crippen molar-refractivity contribution in [2.24, 2.45) is 5.73 Å². The Morgan fingerprint density at radius 2 is 1.84 bits per heavy atom. The summed E-state index contributed by atoms with van der Waals surface area (Å²) >= 11 is 0. The van der Waals surface area contributed by atoms with Gasteiger partial charge in [0.25, 0.3) is 0 Å². The van der Waals surface area contributed by atoms with Crippen LogP contribution in [0.25, 0.3) is 0 Å². The van der Waals surface area contributed by atoms with Gasteiger partial charge in [0, 0.05) is 13.1 Å². The molecular weight excluding hydrogens is 240 g/mol. The van der Waals surface area contributed by atoms with Gasteiger partial charge in [0.1, 0.15) is 0 Å². The highest BCUT2D eigenvalue weighted by molar-refractivity contribution is 5.86. The molecule has 19 heavy (non-hydrogen) atoms. The second kappa shape index (κ2) is 7.26. The first kappa shape index (κ1) is 15.7. The number of hydrogen-bond donors (Lipinski definition) is 2. The zero-order valence-corrected chi connectivity index (χ0v) is 11.8. The molecular formula is C15H24N2O2. The lowest BCUT2D eigenvalue weighted by molar-refractivity contribution is -0.138. The molecule has 106 valence electrons. The Balaban J connectivity index is 2.85. The number of amides is 1. The van der Waals surface area contributed by atoms with Crippen LogP contribution in [0.5, 0.6) is 0 Å². The van der Waals surface area contributed by atoms with Crippen molar-refractivity contribution in [2.75, 3.05) is 13.2 Å². The number of hydrogen-bond acceptors (Lipinski definition) is 3. The molecule has 0 aliphatic heterocycles. The van der Waals surface area contributed by atoms with Crippen LogP contribution >= 0.6 is 0 Å². The third-order valence-electron chi connectivity index (χ3n) is 3.56. The fourth-order valence-electron chi connectivity index (χ4n) is 2.04. The van der Waals surface area contributed by atoms with Gasteiger partial charge in [-0.15, -0.1) is 0 Å². The molecule has 1 aromatic carbocycles. The quantitative estimate of drug-likeness (QED) is 0.784. The van der Waals surface area contributed by atoms with Crippen molar-refractivity contribution in [1.29, 1.82) is 0 Å². The van der Waals surface area contributed by atoms with E-state index in [1.807, 2.05) is 44.2 Å². The first-order valence-corrected chi connectivity index (χ1v) is 6.80. The van der Waals surface area contributed by atoms with Gasteiger partial charge >= 0.3 is 0 Å². The second-order valence-electron chi connectivity index (χ2n) is 4.80. The molecule has 1 rings (SSSR count). The van der Waals surface area contributed by atoms with Crippen molar-refractivity contribution < 1.29 is 9.90 Å². The summed E-state index contributed by atoms with van der Waals surface area (Å²) in [5.74, 6) is -0.0876. The van der Waals surface area contributed by atoms with Crippen molar-refractivity contribution in [3.8, 4) is 0 Å². The number of aliphatic hydroxyl groups excluding tert-OH is 1. The van der Waals surface area contributed by atoms with E-state index in [2.05, 4.69) is 0 Å². The number of benzene rings is 1. The monoisotopic (exact) mass is 264 g/mol. The predicted molar refractivity (Wildman–Crippen MR) is 76.4 cm³/mol. The van der Waals surface area contributed by atoms with Crippen LogP contribution in [-0.4, -0.2) is 34.6 Å². The maximum atomic E-state index is 12.5. The molecule has 4 heteroatoms. The van der Waals surface area contributed by atoms with Crippen molar-refractivity contribution in [3.05, 3.63) is 35.9 Å². The van der Waals surface area contributed by atoms with Crippen molar-refractivity contribution in [2.45, 2.75) is 38.8 Å². The molecule has 0 atom stereocenters. The molecule has 0 heterocycles. The van der Waals surface area contributed by atoms with Crippen LogP contribution in [0.4, 0.5) is 0 Å². The van der Waals surface area contributed by atoms with Crippen LogP contribution in [0.15, 0.2) is 30.3 Å². The third-order valence-corrected chi connectivity index (χ3v) is 3.56. The SMILES string of the molecule is CCC(N)(CC)C(=O)N(CCO)Cc1ccccc1. The molecule has 0 aliphatic rings. The lowest BCUT2D eigenvalue weighted by atomic mass is 9.92. The van der Waals surface area contributed by atoms with E-state index in [0.29, 0.717) is 25.9 Å². The van der Waals surface area contributed by atoms with E-state index in [1.54, 1.807) is 4.90 Å². The van der Waals surface area contributed by atoms with Gasteiger partial charge in [0.15, 0.2) is 0 Å². The van der Waals surface area contributed by atoms with E-state index in [9.17, 15) is 4.79 Å². The van der Waals surface area contributed by atoms with Gasteiger partial charge in [-0.1, -0.05) is 44.2 Å². The van der Waals surface area contributed by atoms with E-state index in [-0.39, 0.29) is 12.5 Å². The highest BCUT2D eigenvalue weighted by Gasteiger charge is 2.33. The van der Waals surface area contributed by atoms with E-state index in [4.69, 9.17) is 10.8 Å². The topological polar surface area (TPSA) is 66.6 Å². The fourth-order valence-corrected chi connectivity index (χ4v) is 2.04. The van der Waals surface area contributed by atoms with Crippen molar-refractivity contribution >= 4 is 5.91 Å². The minimum atomic E-state index is -0.829. The van der Waals surface area contributed by atoms with Crippen LogP contribution in [0.2, 0.25) is 0 Å². The van der Waals surface area contributed by atoms with Gasteiger partial charge in [-0.25, -0.2) is 0 Å². The average molecular weight is 264 g/mol. The molecule has 3 N–H and O–H groups in total. The van der Waals surface area contributed by atoms with Gasteiger partial charge in [0.05, 0.1) is 12.1 Å². The smallest absolute Gasteiger partial charge is 0.243 e.